The molecule has 0 atom stereocenters. The summed E-state index contributed by atoms with van der Waals surface area (Å²) < 4.78 is 39.3. The molecule has 0 bridgehead atoms. The zero-order valence-corrected chi connectivity index (χ0v) is 20.8. The molecular weight excluding hydrogens is 483 g/mol. The number of nitrogens with zero attached hydrogens (tertiary/aromatic N) is 3. The predicted molar refractivity (Wildman–Crippen MR) is 137 cm³/mol. The number of alkyl halides is 3. The van der Waals surface area contributed by atoms with Gasteiger partial charge in [0.1, 0.15) is 12.1 Å². The highest BCUT2D eigenvalue weighted by Gasteiger charge is 2.40. The van der Waals surface area contributed by atoms with E-state index in [9.17, 15) is 23.1 Å². The lowest BCUT2D eigenvalue weighted by atomic mass is 9.72. The Labute approximate surface area is 214 Å². The van der Waals surface area contributed by atoms with Crippen LogP contribution in [0.5, 0.6) is 0 Å². The standard InChI is InChI=1S/C27H34F3N5O2/c1-3-11-26(37,12-4-2)18-5-8-21(9-6-18)35-15-20(16-35)34-24(36)14-31-25-22-13-19(27(28,29)30)7-10-23(22)32-17-33-25/h3-4,7,10,13,17-18,20-21,37H,1-2,5-6,8-9,11-12,14-16H2,(H,34,36)(H,31,32,33)/t18-,21-. The van der Waals surface area contributed by atoms with E-state index in [0.717, 1.165) is 50.9 Å². The van der Waals surface area contributed by atoms with Crippen LogP contribution in [0.4, 0.5) is 19.0 Å². The van der Waals surface area contributed by atoms with Crippen molar-refractivity contribution in [1.29, 1.82) is 0 Å². The lowest BCUT2D eigenvalue weighted by Gasteiger charge is -2.48. The zero-order valence-electron chi connectivity index (χ0n) is 20.8. The Morgan fingerprint density at radius 2 is 1.78 bits per heavy atom. The number of benzene rings is 1. The second-order valence-corrected chi connectivity index (χ2v) is 10.1. The number of likely N-dealkylation sites (tertiary alicyclic amines) is 1. The molecule has 7 nitrogen and oxygen atoms in total. The van der Waals surface area contributed by atoms with Crippen LogP contribution in [0.3, 0.4) is 0 Å². The van der Waals surface area contributed by atoms with Crippen LogP contribution in [-0.4, -0.2) is 63.2 Å². The van der Waals surface area contributed by atoms with E-state index < -0.39 is 17.3 Å². The van der Waals surface area contributed by atoms with Crippen LogP contribution in [0.15, 0.2) is 49.8 Å². The third-order valence-corrected chi connectivity index (χ3v) is 7.62. The van der Waals surface area contributed by atoms with Gasteiger partial charge in [-0.3, -0.25) is 9.69 Å². The minimum atomic E-state index is -4.48. The second kappa shape index (κ2) is 11.2. The van der Waals surface area contributed by atoms with Crippen LogP contribution in [0.2, 0.25) is 0 Å². The van der Waals surface area contributed by atoms with Crippen LogP contribution >= 0.6 is 0 Å². The molecule has 1 aromatic heterocycles. The number of amides is 1. The molecule has 4 rings (SSSR count). The van der Waals surface area contributed by atoms with Gasteiger partial charge in [0.05, 0.1) is 29.3 Å². The van der Waals surface area contributed by atoms with Gasteiger partial charge in [-0.25, -0.2) is 9.97 Å². The van der Waals surface area contributed by atoms with Crippen LogP contribution in [0.25, 0.3) is 10.9 Å². The topological polar surface area (TPSA) is 90.4 Å². The summed E-state index contributed by atoms with van der Waals surface area (Å²) in [5.74, 6) is 0.171. The molecule has 1 amide bonds. The molecule has 10 heteroatoms. The Morgan fingerprint density at radius 1 is 1.11 bits per heavy atom. The summed E-state index contributed by atoms with van der Waals surface area (Å²) in [6.07, 6.45) is 5.36. The van der Waals surface area contributed by atoms with Gasteiger partial charge in [-0.1, -0.05) is 12.2 Å². The minimum absolute atomic E-state index is 0.0319. The third-order valence-electron chi connectivity index (χ3n) is 7.62. The zero-order chi connectivity index (χ0) is 26.6. The van der Waals surface area contributed by atoms with Crippen molar-refractivity contribution < 1.29 is 23.1 Å². The van der Waals surface area contributed by atoms with Gasteiger partial charge >= 0.3 is 6.18 Å². The van der Waals surface area contributed by atoms with Crippen molar-refractivity contribution in [2.24, 2.45) is 5.92 Å². The maximum Gasteiger partial charge on any atom is 0.416 e. The molecule has 0 radical (unpaired) electrons. The molecule has 2 aromatic rings. The molecule has 1 saturated carbocycles. The van der Waals surface area contributed by atoms with E-state index in [1.54, 1.807) is 12.2 Å². The Kier molecular flexibility index (Phi) is 8.18. The molecular formula is C27H34F3N5O2. The first-order chi connectivity index (χ1) is 17.6. The largest absolute Gasteiger partial charge is 0.416 e. The van der Waals surface area contributed by atoms with E-state index in [0.29, 0.717) is 24.4 Å². The minimum Gasteiger partial charge on any atom is -0.389 e. The van der Waals surface area contributed by atoms with Gasteiger partial charge in [0.15, 0.2) is 0 Å². The van der Waals surface area contributed by atoms with E-state index in [2.05, 4.69) is 38.7 Å². The van der Waals surface area contributed by atoms with Gasteiger partial charge in [0.25, 0.3) is 0 Å². The van der Waals surface area contributed by atoms with Crippen molar-refractivity contribution in [2.45, 2.75) is 62.4 Å². The van der Waals surface area contributed by atoms with E-state index in [1.807, 2.05) is 0 Å². The van der Waals surface area contributed by atoms with E-state index >= 15 is 0 Å². The SMILES string of the molecule is C=CCC(O)(CC=C)[C@H]1CC[C@H](N2CC(NC(=O)CNc3ncnc4ccc(C(F)(F)F)cc34)C2)CC1. The van der Waals surface area contributed by atoms with Crippen molar-refractivity contribution in [3.63, 3.8) is 0 Å². The monoisotopic (exact) mass is 517 g/mol. The van der Waals surface area contributed by atoms with Gasteiger partial charge in [-0.2, -0.15) is 13.2 Å². The summed E-state index contributed by atoms with van der Waals surface area (Å²) in [5, 5.41) is 17.1. The molecule has 37 heavy (non-hydrogen) atoms. The van der Waals surface area contributed by atoms with E-state index in [-0.39, 0.29) is 35.6 Å². The highest BCUT2D eigenvalue weighted by Crippen LogP contribution is 2.39. The average molecular weight is 518 g/mol. The summed E-state index contributed by atoms with van der Waals surface area (Å²) in [6, 6.07) is 3.73. The molecule has 3 N–H and O–H groups in total. The number of fused-ring (bicyclic) bond motifs is 1. The van der Waals surface area contributed by atoms with Crippen LogP contribution in [0.1, 0.15) is 44.1 Å². The van der Waals surface area contributed by atoms with Crippen LogP contribution in [0, 0.1) is 5.92 Å². The first-order valence-electron chi connectivity index (χ1n) is 12.7. The lowest BCUT2D eigenvalue weighted by molar-refractivity contribution is -0.137. The number of carbonyl (C=O) groups excluding carboxylic acids is 1. The number of nitrogens with one attached hydrogen (secondary N) is 2. The van der Waals surface area contributed by atoms with Crippen molar-refractivity contribution in [3.8, 4) is 0 Å². The van der Waals surface area contributed by atoms with Gasteiger partial charge < -0.3 is 15.7 Å². The first kappa shape index (κ1) is 27.1. The smallest absolute Gasteiger partial charge is 0.389 e. The summed E-state index contributed by atoms with van der Waals surface area (Å²) in [6.45, 7) is 8.99. The number of hydrogen-bond acceptors (Lipinski definition) is 6. The van der Waals surface area contributed by atoms with Crippen molar-refractivity contribution in [2.75, 3.05) is 25.0 Å². The molecule has 2 fully saturated rings. The Hall–Kier alpha value is -2.98. The van der Waals surface area contributed by atoms with Crippen LogP contribution < -0.4 is 10.6 Å². The van der Waals surface area contributed by atoms with Gasteiger partial charge in [0, 0.05) is 24.5 Å². The molecule has 0 unspecified atom stereocenters. The lowest BCUT2D eigenvalue weighted by Crippen LogP contribution is -2.63. The molecule has 1 saturated heterocycles. The summed E-state index contributed by atoms with van der Waals surface area (Å²) in [5.41, 5.74) is -1.20. The molecule has 1 aromatic carbocycles. The van der Waals surface area contributed by atoms with Crippen molar-refractivity contribution in [3.05, 3.63) is 55.4 Å². The summed E-state index contributed by atoms with van der Waals surface area (Å²) in [7, 11) is 0. The molecule has 2 heterocycles. The molecule has 1 aliphatic carbocycles. The molecule has 1 aliphatic heterocycles. The fourth-order valence-electron chi connectivity index (χ4n) is 5.61. The van der Waals surface area contributed by atoms with Crippen LogP contribution in [-0.2, 0) is 11.0 Å². The maximum atomic E-state index is 13.1. The number of hydrogen-bond donors (Lipinski definition) is 3. The van der Waals surface area contributed by atoms with E-state index in [4.69, 9.17) is 0 Å². The van der Waals surface area contributed by atoms with Gasteiger partial charge in [0.2, 0.25) is 5.91 Å². The third kappa shape index (κ3) is 6.30. The summed E-state index contributed by atoms with van der Waals surface area (Å²) >= 11 is 0. The number of carbonyl (C=O) groups is 1. The fraction of sp³-hybridized carbons (Fsp3) is 0.519. The molecule has 0 spiro atoms. The Morgan fingerprint density at radius 3 is 2.41 bits per heavy atom. The number of aromatic nitrogens is 2. The Balaban J connectivity index is 1.23. The van der Waals surface area contributed by atoms with Crippen molar-refractivity contribution >= 4 is 22.6 Å². The molecule has 200 valence electrons. The number of anilines is 1. The summed E-state index contributed by atoms with van der Waals surface area (Å²) in [4.78, 5) is 22.9. The van der Waals surface area contributed by atoms with Gasteiger partial charge in [-0.15, -0.1) is 13.2 Å². The molecule has 2 aliphatic rings. The number of halogens is 3. The number of rotatable bonds is 10. The predicted octanol–water partition coefficient (Wildman–Crippen LogP) is 4.30. The van der Waals surface area contributed by atoms with E-state index in [1.165, 1.54) is 12.4 Å². The highest BCUT2D eigenvalue weighted by molar-refractivity contribution is 5.91. The quantitative estimate of drug-likeness (QED) is 0.407. The second-order valence-electron chi connectivity index (χ2n) is 10.1. The van der Waals surface area contributed by atoms with Crippen molar-refractivity contribution in [1.82, 2.24) is 20.2 Å². The highest BCUT2D eigenvalue weighted by atomic mass is 19.4. The maximum absolute atomic E-state index is 13.1. The van der Waals surface area contributed by atoms with Gasteiger partial charge in [-0.05, 0) is 62.6 Å². The first-order valence-corrected chi connectivity index (χ1v) is 12.7. The number of aliphatic hydroxyl groups is 1. The average Bonchev–Trinajstić information content (AvgIpc) is 2.84. The fourth-order valence-corrected chi connectivity index (χ4v) is 5.61. The normalized spacial score (nSPS) is 21.3. The Bertz CT molecular complexity index is 1110.